The van der Waals surface area contributed by atoms with Gasteiger partial charge in [-0.3, -0.25) is 4.79 Å². The smallest absolute Gasteiger partial charge is 0.343 e. The molecular formula is C24H44O5. The molecule has 0 bridgehead atoms. The third kappa shape index (κ3) is 10.1. The summed E-state index contributed by atoms with van der Waals surface area (Å²) in [4.78, 5) is 24.2. The zero-order valence-electron chi connectivity index (χ0n) is 19.0. The van der Waals surface area contributed by atoms with Crippen LogP contribution in [0.2, 0.25) is 0 Å². The zero-order chi connectivity index (χ0) is 21.5. The fourth-order valence-electron chi connectivity index (χ4n) is 4.59. The summed E-state index contributed by atoms with van der Waals surface area (Å²) in [6, 6.07) is 0. The molecule has 0 aromatic heterocycles. The Kier molecular flexibility index (Phi) is 14.3. The number of ether oxygens (including phenoxy) is 2. The summed E-state index contributed by atoms with van der Waals surface area (Å²) in [7, 11) is 0. The van der Waals surface area contributed by atoms with Gasteiger partial charge in [0.25, 0.3) is 0 Å². The SMILES string of the molecule is CCCCCCCC[C@H]1CC[C@H](O)[C@@H]1CCCCC(=O)C(OCC)C(=O)OCC. The molecule has 1 fully saturated rings. The number of hydrogen-bond acceptors (Lipinski definition) is 5. The summed E-state index contributed by atoms with van der Waals surface area (Å²) >= 11 is 0. The van der Waals surface area contributed by atoms with E-state index < -0.39 is 12.1 Å². The van der Waals surface area contributed by atoms with E-state index in [9.17, 15) is 14.7 Å². The van der Waals surface area contributed by atoms with Crippen molar-refractivity contribution < 1.29 is 24.2 Å². The molecule has 0 aromatic carbocycles. The second-order valence-electron chi connectivity index (χ2n) is 8.42. The van der Waals surface area contributed by atoms with Gasteiger partial charge >= 0.3 is 5.97 Å². The Morgan fingerprint density at radius 2 is 1.59 bits per heavy atom. The van der Waals surface area contributed by atoms with Gasteiger partial charge < -0.3 is 14.6 Å². The maximum absolute atomic E-state index is 12.3. The van der Waals surface area contributed by atoms with Crippen LogP contribution in [0.5, 0.6) is 0 Å². The number of rotatable bonds is 17. The van der Waals surface area contributed by atoms with Gasteiger partial charge in [0.15, 0.2) is 5.78 Å². The van der Waals surface area contributed by atoms with Gasteiger partial charge in [0.1, 0.15) is 0 Å². The largest absolute Gasteiger partial charge is 0.464 e. The third-order valence-corrected chi connectivity index (χ3v) is 6.20. The van der Waals surface area contributed by atoms with Crippen molar-refractivity contribution in [1.29, 1.82) is 0 Å². The molecule has 0 spiro atoms. The average Bonchev–Trinajstić information content (AvgIpc) is 3.05. The van der Waals surface area contributed by atoms with Crippen LogP contribution in [0.1, 0.15) is 104 Å². The summed E-state index contributed by atoms with van der Waals surface area (Å²) in [6.45, 7) is 6.29. The van der Waals surface area contributed by atoms with Crippen LogP contribution in [0.3, 0.4) is 0 Å². The van der Waals surface area contributed by atoms with Gasteiger partial charge in [-0.1, -0.05) is 58.3 Å². The van der Waals surface area contributed by atoms with Crippen molar-refractivity contribution in [3.63, 3.8) is 0 Å². The third-order valence-electron chi connectivity index (χ3n) is 6.20. The Hall–Kier alpha value is -0.940. The van der Waals surface area contributed by atoms with E-state index in [-0.39, 0.29) is 18.5 Å². The Labute approximate surface area is 177 Å². The first-order valence-electron chi connectivity index (χ1n) is 12.0. The highest BCUT2D eigenvalue weighted by Crippen LogP contribution is 2.39. The molecule has 5 nitrogen and oxygen atoms in total. The lowest BCUT2D eigenvalue weighted by Crippen LogP contribution is -2.34. The summed E-state index contributed by atoms with van der Waals surface area (Å²) in [6.07, 6.45) is 12.8. The molecule has 1 rings (SSSR count). The Morgan fingerprint density at radius 3 is 2.28 bits per heavy atom. The Bertz CT molecular complexity index is 451. The summed E-state index contributed by atoms with van der Waals surface area (Å²) in [5.41, 5.74) is 0. The fraction of sp³-hybridized carbons (Fsp3) is 0.917. The molecule has 1 aliphatic carbocycles. The van der Waals surface area contributed by atoms with Gasteiger partial charge in [-0.25, -0.2) is 4.79 Å². The quantitative estimate of drug-likeness (QED) is 0.201. The second-order valence-corrected chi connectivity index (χ2v) is 8.42. The molecule has 0 radical (unpaired) electrons. The minimum Gasteiger partial charge on any atom is -0.464 e. The monoisotopic (exact) mass is 412 g/mol. The van der Waals surface area contributed by atoms with E-state index in [1.807, 2.05) is 0 Å². The normalized spacial score (nSPS) is 22.6. The molecule has 1 aliphatic rings. The van der Waals surface area contributed by atoms with Crippen LogP contribution in [0.4, 0.5) is 0 Å². The highest BCUT2D eigenvalue weighted by Gasteiger charge is 2.34. The number of unbranched alkanes of at least 4 members (excludes halogenated alkanes) is 6. The Morgan fingerprint density at radius 1 is 0.897 bits per heavy atom. The summed E-state index contributed by atoms with van der Waals surface area (Å²) in [5.74, 6) is 0.224. The molecule has 1 unspecified atom stereocenters. The average molecular weight is 413 g/mol. The summed E-state index contributed by atoms with van der Waals surface area (Å²) < 4.78 is 10.2. The molecule has 5 heteroatoms. The standard InChI is InChI=1S/C24H44O5/c1-4-7-8-9-10-11-14-19-17-18-21(25)20(19)15-12-13-16-22(26)23(28-5-2)24(27)29-6-3/h19-21,23,25H,4-18H2,1-3H3/t19-,20+,21-,23?/m0/s1. The van der Waals surface area contributed by atoms with Gasteiger partial charge in [-0.15, -0.1) is 0 Å². The number of esters is 1. The maximum Gasteiger partial charge on any atom is 0.343 e. The maximum atomic E-state index is 12.3. The van der Waals surface area contributed by atoms with E-state index in [1.54, 1.807) is 13.8 Å². The lowest BCUT2D eigenvalue weighted by atomic mass is 9.85. The van der Waals surface area contributed by atoms with Crippen LogP contribution >= 0.6 is 0 Å². The van der Waals surface area contributed by atoms with Crippen molar-refractivity contribution in [3.05, 3.63) is 0 Å². The fourth-order valence-corrected chi connectivity index (χ4v) is 4.59. The highest BCUT2D eigenvalue weighted by atomic mass is 16.6. The van der Waals surface area contributed by atoms with Gasteiger partial charge in [-0.05, 0) is 51.4 Å². The first kappa shape index (κ1) is 26.1. The van der Waals surface area contributed by atoms with Crippen molar-refractivity contribution in [2.75, 3.05) is 13.2 Å². The van der Waals surface area contributed by atoms with Crippen molar-refractivity contribution in [2.45, 2.75) is 116 Å². The molecule has 1 N–H and O–H groups in total. The minimum atomic E-state index is -1.09. The van der Waals surface area contributed by atoms with E-state index in [4.69, 9.17) is 9.47 Å². The lowest BCUT2D eigenvalue weighted by Gasteiger charge is -2.22. The van der Waals surface area contributed by atoms with Gasteiger partial charge in [0.2, 0.25) is 6.10 Å². The van der Waals surface area contributed by atoms with Crippen LogP contribution in [-0.4, -0.2) is 42.3 Å². The van der Waals surface area contributed by atoms with E-state index >= 15 is 0 Å². The molecule has 4 atom stereocenters. The number of hydrogen-bond donors (Lipinski definition) is 1. The van der Waals surface area contributed by atoms with E-state index in [1.165, 1.54) is 44.9 Å². The number of carbonyl (C=O) groups is 2. The number of Topliss-reactive ketones (excluding diaryl/α,β-unsaturated/α-hetero) is 1. The second kappa shape index (κ2) is 15.8. The Balaban J connectivity index is 2.31. The van der Waals surface area contributed by atoms with Crippen molar-refractivity contribution >= 4 is 11.8 Å². The minimum absolute atomic E-state index is 0.188. The van der Waals surface area contributed by atoms with E-state index in [0.717, 1.165) is 32.1 Å². The summed E-state index contributed by atoms with van der Waals surface area (Å²) in [5, 5.41) is 10.4. The molecule has 29 heavy (non-hydrogen) atoms. The van der Waals surface area contributed by atoms with Crippen LogP contribution in [0, 0.1) is 11.8 Å². The number of carbonyl (C=O) groups excluding carboxylic acids is 2. The molecule has 170 valence electrons. The highest BCUT2D eigenvalue weighted by molar-refractivity contribution is 6.01. The van der Waals surface area contributed by atoms with Crippen LogP contribution in [0.15, 0.2) is 0 Å². The van der Waals surface area contributed by atoms with Crippen LogP contribution in [0.25, 0.3) is 0 Å². The topological polar surface area (TPSA) is 72.8 Å². The predicted molar refractivity (Wildman–Crippen MR) is 116 cm³/mol. The first-order chi connectivity index (χ1) is 14.0. The molecule has 1 saturated carbocycles. The van der Waals surface area contributed by atoms with Gasteiger partial charge in [-0.2, -0.15) is 0 Å². The predicted octanol–water partition coefficient (Wildman–Crippen LogP) is 5.22. The van der Waals surface area contributed by atoms with Crippen molar-refractivity contribution in [2.24, 2.45) is 11.8 Å². The molecule has 0 aromatic rings. The first-order valence-corrected chi connectivity index (χ1v) is 12.0. The molecule has 0 aliphatic heterocycles. The van der Waals surface area contributed by atoms with Gasteiger partial charge in [0, 0.05) is 13.0 Å². The van der Waals surface area contributed by atoms with E-state index in [2.05, 4.69) is 6.92 Å². The molecule has 0 amide bonds. The number of aliphatic hydroxyl groups is 1. The number of ketones is 1. The lowest BCUT2D eigenvalue weighted by molar-refractivity contribution is -0.161. The molecule has 0 heterocycles. The van der Waals surface area contributed by atoms with Crippen molar-refractivity contribution in [1.82, 2.24) is 0 Å². The van der Waals surface area contributed by atoms with E-state index in [0.29, 0.717) is 24.9 Å². The zero-order valence-corrected chi connectivity index (χ0v) is 19.0. The van der Waals surface area contributed by atoms with Crippen LogP contribution in [-0.2, 0) is 19.1 Å². The molecule has 0 saturated heterocycles. The van der Waals surface area contributed by atoms with Gasteiger partial charge in [0.05, 0.1) is 12.7 Å². The number of aliphatic hydroxyl groups excluding tert-OH is 1. The van der Waals surface area contributed by atoms with Crippen LogP contribution < -0.4 is 0 Å². The molecular weight excluding hydrogens is 368 g/mol. The van der Waals surface area contributed by atoms with Crippen molar-refractivity contribution in [3.8, 4) is 0 Å².